The summed E-state index contributed by atoms with van der Waals surface area (Å²) in [7, 11) is 0. The van der Waals surface area contributed by atoms with Crippen molar-refractivity contribution >= 4 is 29.5 Å². The zero-order chi connectivity index (χ0) is 21.3. The van der Waals surface area contributed by atoms with Crippen LogP contribution in [-0.4, -0.2) is 37.4 Å². The molecular formula is C23H24FN3O3. The lowest BCUT2D eigenvalue weighted by Crippen LogP contribution is -2.34. The molecule has 0 saturated carbocycles. The predicted molar refractivity (Wildman–Crippen MR) is 113 cm³/mol. The lowest BCUT2D eigenvalue weighted by Gasteiger charge is -2.15. The van der Waals surface area contributed by atoms with Crippen molar-refractivity contribution in [1.29, 1.82) is 0 Å². The number of nitrogens with zero attached hydrogens (tertiary/aromatic N) is 1. The minimum Gasteiger partial charge on any atom is -0.354 e. The molecule has 2 aromatic rings. The third-order valence-corrected chi connectivity index (χ3v) is 4.73. The van der Waals surface area contributed by atoms with Crippen LogP contribution in [0.15, 0.2) is 54.6 Å². The van der Waals surface area contributed by atoms with Crippen LogP contribution in [0.5, 0.6) is 0 Å². The summed E-state index contributed by atoms with van der Waals surface area (Å²) in [6, 6.07) is 13.2. The Kier molecular flexibility index (Phi) is 7.32. The fourth-order valence-corrected chi connectivity index (χ4v) is 3.16. The van der Waals surface area contributed by atoms with Gasteiger partial charge in [-0.3, -0.25) is 14.4 Å². The van der Waals surface area contributed by atoms with Gasteiger partial charge in [0.2, 0.25) is 17.7 Å². The van der Waals surface area contributed by atoms with Crippen molar-refractivity contribution in [1.82, 2.24) is 10.6 Å². The fourth-order valence-electron chi connectivity index (χ4n) is 3.16. The van der Waals surface area contributed by atoms with Crippen molar-refractivity contribution in [2.75, 3.05) is 24.5 Å². The van der Waals surface area contributed by atoms with Crippen molar-refractivity contribution in [2.24, 2.45) is 0 Å². The Bertz CT molecular complexity index is 924. The van der Waals surface area contributed by atoms with Crippen LogP contribution in [0.4, 0.5) is 10.1 Å². The maximum atomic E-state index is 12.9. The first-order valence-corrected chi connectivity index (χ1v) is 9.89. The molecule has 0 atom stereocenters. The van der Waals surface area contributed by atoms with E-state index in [4.69, 9.17) is 0 Å². The van der Waals surface area contributed by atoms with Crippen molar-refractivity contribution in [3.05, 3.63) is 71.6 Å². The Morgan fingerprint density at radius 3 is 2.37 bits per heavy atom. The number of halogens is 1. The molecule has 1 saturated heterocycles. The number of hydrogen-bond acceptors (Lipinski definition) is 3. The standard InChI is InChI=1S/C23H24FN3O3/c24-19-8-3-18(4-9-19)16-22(29)26-14-13-25-21(28)12-7-17-5-10-20(11-6-17)27-15-1-2-23(27)30/h3-12H,1-2,13-16H2,(H,25,28)(H,26,29)/b12-7+. The van der Waals surface area contributed by atoms with E-state index in [1.165, 1.54) is 18.2 Å². The monoisotopic (exact) mass is 409 g/mol. The lowest BCUT2D eigenvalue weighted by atomic mass is 10.1. The summed E-state index contributed by atoms with van der Waals surface area (Å²) in [6.07, 6.45) is 4.75. The molecule has 6 nitrogen and oxygen atoms in total. The Labute approximate surface area is 174 Å². The van der Waals surface area contributed by atoms with E-state index in [1.54, 1.807) is 23.1 Å². The highest BCUT2D eigenvalue weighted by atomic mass is 19.1. The van der Waals surface area contributed by atoms with E-state index in [9.17, 15) is 18.8 Å². The summed E-state index contributed by atoms with van der Waals surface area (Å²) >= 11 is 0. The molecule has 0 bridgehead atoms. The predicted octanol–water partition coefficient (Wildman–Crippen LogP) is 2.44. The van der Waals surface area contributed by atoms with Gasteiger partial charge < -0.3 is 15.5 Å². The van der Waals surface area contributed by atoms with Crippen LogP contribution >= 0.6 is 0 Å². The smallest absolute Gasteiger partial charge is 0.244 e. The van der Waals surface area contributed by atoms with E-state index in [-0.39, 0.29) is 30.0 Å². The molecule has 0 aromatic heterocycles. The molecule has 30 heavy (non-hydrogen) atoms. The SMILES string of the molecule is O=C(/C=C/c1ccc(N2CCCC2=O)cc1)NCCNC(=O)Cc1ccc(F)cc1. The van der Waals surface area contributed by atoms with Crippen LogP contribution < -0.4 is 15.5 Å². The summed E-state index contributed by atoms with van der Waals surface area (Å²) in [4.78, 5) is 37.3. The van der Waals surface area contributed by atoms with Gasteiger partial charge in [0.1, 0.15) is 5.82 Å². The second kappa shape index (κ2) is 10.3. The first-order chi connectivity index (χ1) is 14.5. The second-order valence-corrected chi connectivity index (χ2v) is 7.02. The largest absolute Gasteiger partial charge is 0.354 e. The highest BCUT2D eigenvalue weighted by Gasteiger charge is 2.21. The van der Waals surface area contributed by atoms with Gasteiger partial charge in [-0.1, -0.05) is 24.3 Å². The van der Waals surface area contributed by atoms with Crippen LogP contribution in [0.3, 0.4) is 0 Å². The molecule has 1 aliphatic heterocycles. The average molecular weight is 409 g/mol. The van der Waals surface area contributed by atoms with Crippen LogP contribution in [0.1, 0.15) is 24.0 Å². The van der Waals surface area contributed by atoms with Crippen LogP contribution in [0.25, 0.3) is 6.08 Å². The average Bonchev–Trinajstić information content (AvgIpc) is 3.17. The van der Waals surface area contributed by atoms with Crippen LogP contribution in [0.2, 0.25) is 0 Å². The zero-order valence-corrected chi connectivity index (χ0v) is 16.6. The van der Waals surface area contributed by atoms with Crippen molar-refractivity contribution in [2.45, 2.75) is 19.3 Å². The normalized spacial score (nSPS) is 13.6. The van der Waals surface area contributed by atoms with E-state index < -0.39 is 0 Å². The molecule has 0 aliphatic carbocycles. The van der Waals surface area contributed by atoms with Gasteiger partial charge in [0, 0.05) is 37.8 Å². The van der Waals surface area contributed by atoms with Gasteiger partial charge in [-0.2, -0.15) is 0 Å². The number of carbonyl (C=O) groups is 3. The maximum absolute atomic E-state index is 12.9. The van der Waals surface area contributed by atoms with E-state index in [2.05, 4.69) is 10.6 Å². The lowest BCUT2D eigenvalue weighted by molar-refractivity contribution is -0.121. The first kappa shape index (κ1) is 21.2. The molecule has 2 N–H and O–H groups in total. The van der Waals surface area contributed by atoms with E-state index in [0.29, 0.717) is 19.5 Å². The van der Waals surface area contributed by atoms with Crippen LogP contribution in [-0.2, 0) is 20.8 Å². The highest BCUT2D eigenvalue weighted by molar-refractivity contribution is 5.95. The number of hydrogen-bond donors (Lipinski definition) is 2. The zero-order valence-electron chi connectivity index (χ0n) is 16.6. The van der Waals surface area contributed by atoms with Crippen molar-refractivity contribution in [3.63, 3.8) is 0 Å². The van der Waals surface area contributed by atoms with Crippen molar-refractivity contribution < 1.29 is 18.8 Å². The molecule has 2 aromatic carbocycles. The third-order valence-electron chi connectivity index (χ3n) is 4.73. The molecule has 7 heteroatoms. The Hall–Kier alpha value is -3.48. The Morgan fingerprint density at radius 2 is 1.70 bits per heavy atom. The first-order valence-electron chi connectivity index (χ1n) is 9.89. The molecule has 3 rings (SSSR count). The van der Waals surface area contributed by atoms with Gasteiger partial charge >= 0.3 is 0 Å². The number of rotatable bonds is 8. The third kappa shape index (κ3) is 6.27. The van der Waals surface area contributed by atoms with E-state index in [0.717, 1.165) is 29.8 Å². The molecule has 1 fully saturated rings. The molecule has 156 valence electrons. The number of benzene rings is 2. The fraction of sp³-hybridized carbons (Fsp3) is 0.261. The van der Waals surface area contributed by atoms with Gasteiger partial charge in [0.15, 0.2) is 0 Å². The summed E-state index contributed by atoms with van der Waals surface area (Å²) in [5.41, 5.74) is 2.45. The molecule has 0 radical (unpaired) electrons. The molecule has 1 aliphatic rings. The second-order valence-electron chi connectivity index (χ2n) is 7.02. The number of nitrogens with one attached hydrogen (secondary N) is 2. The Morgan fingerprint density at radius 1 is 1.00 bits per heavy atom. The van der Waals surface area contributed by atoms with Gasteiger partial charge in [-0.25, -0.2) is 4.39 Å². The number of amides is 3. The summed E-state index contributed by atoms with van der Waals surface area (Å²) in [5.74, 6) is -0.653. The highest BCUT2D eigenvalue weighted by Crippen LogP contribution is 2.21. The van der Waals surface area contributed by atoms with Crippen LogP contribution in [0, 0.1) is 5.82 Å². The molecule has 0 unspecified atom stereocenters. The van der Waals surface area contributed by atoms with Gasteiger partial charge in [0.25, 0.3) is 0 Å². The van der Waals surface area contributed by atoms with Crippen molar-refractivity contribution in [3.8, 4) is 0 Å². The molecule has 3 amide bonds. The maximum Gasteiger partial charge on any atom is 0.244 e. The molecular weight excluding hydrogens is 385 g/mol. The molecule has 0 spiro atoms. The Balaban J connectivity index is 1.36. The quantitative estimate of drug-likeness (QED) is 0.519. The van der Waals surface area contributed by atoms with Gasteiger partial charge in [-0.05, 0) is 47.9 Å². The van der Waals surface area contributed by atoms with E-state index in [1.807, 2.05) is 24.3 Å². The number of carbonyl (C=O) groups excluding carboxylic acids is 3. The van der Waals surface area contributed by atoms with E-state index >= 15 is 0 Å². The minimum absolute atomic E-state index is 0.141. The minimum atomic E-state index is -0.340. The topological polar surface area (TPSA) is 78.5 Å². The van der Waals surface area contributed by atoms with Gasteiger partial charge in [0.05, 0.1) is 6.42 Å². The molecule has 1 heterocycles. The summed E-state index contributed by atoms with van der Waals surface area (Å²) < 4.78 is 12.9. The summed E-state index contributed by atoms with van der Waals surface area (Å²) in [6.45, 7) is 1.35. The summed E-state index contributed by atoms with van der Waals surface area (Å²) in [5, 5.41) is 5.41. The number of anilines is 1. The van der Waals surface area contributed by atoms with Gasteiger partial charge in [-0.15, -0.1) is 0 Å².